The molecule has 2 heterocycles. The smallest absolute Gasteiger partial charge is 0.142 e. The Morgan fingerprint density at radius 1 is 1.33 bits per heavy atom. The molecule has 0 bridgehead atoms. The zero-order chi connectivity index (χ0) is 15.1. The van der Waals surface area contributed by atoms with Crippen LogP contribution in [0.15, 0.2) is 18.3 Å². The fourth-order valence-electron chi connectivity index (χ4n) is 1.85. The molecule has 0 aliphatic heterocycles. The first kappa shape index (κ1) is 15.4. The van der Waals surface area contributed by atoms with Crippen LogP contribution in [0.5, 0.6) is 5.75 Å². The van der Waals surface area contributed by atoms with Gasteiger partial charge in [0.05, 0.1) is 18.5 Å². The average molecular weight is 291 g/mol. The van der Waals surface area contributed by atoms with Crippen molar-refractivity contribution in [2.45, 2.75) is 20.1 Å². The van der Waals surface area contributed by atoms with Gasteiger partial charge in [-0.05, 0) is 19.1 Å². The molecule has 0 radical (unpaired) electrons. The minimum atomic E-state index is 0.379. The standard InChI is InChI=1S/C14H21N5O2/c1-11-4-5-14(13(16-11)8-15-6-7-20-3)21-10-12-9-19(2)18-17-12/h4-5,9,15H,6-8,10H2,1-3H3. The summed E-state index contributed by atoms with van der Waals surface area (Å²) in [5.41, 5.74) is 2.64. The van der Waals surface area contributed by atoms with Gasteiger partial charge in [-0.1, -0.05) is 5.21 Å². The summed E-state index contributed by atoms with van der Waals surface area (Å²) in [6.07, 6.45) is 1.83. The Balaban J connectivity index is 1.97. The number of hydrogen-bond donors (Lipinski definition) is 1. The fraction of sp³-hybridized carbons (Fsp3) is 0.500. The van der Waals surface area contributed by atoms with Crippen LogP contribution in [0, 0.1) is 6.92 Å². The van der Waals surface area contributed by atoms with E-state index in [1.807, 2.05) is 32.3 Å². The molecule has 114 valence electrons. The van der Waals surface area contributed by atoms with Crippen molar-refractivity contribution in [1.29, 1.82) is 0 Å². The van der Waals surface area contributed by atoms with Crippen LogP contribution >= 0.6 is 0 Å². The van der Waals surface area contributed by atoms with E-state index >= 15 is 0 Å². The number of aryl methyl sites for hydroxylation is 2. The summed E-state index contributed by atoms with van der Waals surface area (Å²) in [6, 6.07) is 3.87. The molecule has 0 saturated carbocycles. The number of rotatable bonds is 8. The number of methoxy groups -OCH3 is 1. The van der Waals surface area contributed by atoms with Gasteiger partial charge in [0.15, 0.2) is 0 Å². The van der Waals surface area contributed by atoms with Crippen LogP contribution in [0.3, 0.4) is 0 Å². The summed E-state index contributed by atoms with van der Waals surface area (Å²) in [7, 11) is 3.51. The van der Waals surface area contributed by atoms with Gasteiger partial charge in [-0.3, -0.25) is 9.67 Å². The zero-order valence-electron chi connectivity index (χ0n) is 12.7. The maximum Gasteiger partial charge on any atom is 0.142 e. The van der Waals surface area contributed by atoms with Crippen LogP contribution in [0.1, 0.15) is 17.1 Å². The summed E-state index contributed by atoms with van der Waals surface area (Å²) >= 11 is 0. The van der Waals surface area contributed by atoms with Crippen molar-refractivity contribution < 1.29 is 9.47 Å². The number of ether oxygens (including phenoxy) is 2. The highest BCUT2D eigenvalue weighted by Crippen LogP contribution is 2.18. The van der Waals surface area contributed by atoms with Gasteiger partial charge in [0.25, 0.3) is 0 Å². The Hall–Kier alpha value is -1.99. The first-order valence-corrected chi connectivity index (χ1v) is 6.83. The largest absolute Gasteiger partial charge is 0.485 e. The number of hydrogen-bond acceptors (Lipinski definition) is 6. The minimum absolute atomic E-state index is 0.379. The number of pyridine rings is 1. The van der Waals surface area contributed by atoms with Crippen molar-refractivity contribution in [3.05, 3.63) is 35.4 Å². The predicted octanol–water partition coefficient (Wildman–Crippen LogP) is 0.834. The van der Waals surface area contributed by atoms with Crippen LogP contribution in [-0.4, -0.2) is 40.2 Å². The van der Waals surface area contributed by atoms with E-state index in [1.54, 1.807) is 11.8 Å². The first-order valence-electron chi connectivity index (χ1n) is 6.83. The average Bonchev–Trinajstić information content (AvgIpc) is 2.88. The third-order valence-corrected chi connectivity index (χ3v) is 2.87. The van der Waals surface area contributed by atoms with Crippen molar-refractivity contribution in [1.82, 2.24) is 25.3 Å². The summed E-state index contributed by atoms with van der Waals surface area (Å²) in [5.74, 6) is 0.760. The molecule has 0 fully saturated rings. The second-order valence-electron chi connectivity index (χ2n) is 4.74. The Kier molecular flexibility index (Phi) is 5.65. The van der Waals surface area contributed by atoms with Crippen LogP contribution in [-0.2, 0) is 24.9 Å². The van der Waals surface area contributed by atoms with Gasteiger partial charge in [-0.15, -0.1) is 5.10 Å². The van der Waals surface area contributed by atoms with Crippen molar-refractivity contribution in [3.8, 4) is 5.75 Å². The third-order valence-electron chi connectivity index (χ3n) is 2.87. The van der Waals surface area contributed by atoms with E-state index in [4.69, 9.17) is 9.47 Å². The molecule has 0 amide bonds. The van der Waals surface area contributed by atoms with Gasteiger partial charge in [-0.25, -0.2) is 0 Å². The summed E-state index contributed by atoms with van der Waals surface area (Å²) < 4.78 is 12.5. The molecule has 2 aromatic heterocycles. The predicted molar refractivity (Wildman–Crippen MR) is 77.9 cm³/mol. The topological polar surface area (TPSA) is 74.1 Å². The molecule has 0 unspecified atom stereocenters. The van der Waals surface area contributed by atoms with Gasteiger partial charge < -0.3 is 14.8 Å². The molecule has 7 heteroatoms. The van der Waals surface area contributed by atoms with E-state index in [2.05, 4.69) is 20.6 Å². The Bertz CT molecular complexity index is 570. The molecular formula is C14H21N5O2. The molecule has 0 aromatic carbocycles. The maximum atomic E-state index is 5.80. The highest BCUT2D eigenvalue weighted by atomic mass is 16.5. The Morgan fingerprint density at radius 2 is 2.19 bits per heavy atom. The molecular weight excluding hydrogens is 270 g/mol. The minimum Gasteiger partial charge on any atom is -0.485 e. The Labute approximate surface area is 124 Å². The number of aromatic nitrogens is 4. The zero-order valence-corrected chi connectivity index (χ0v) is 12.7. The van der Waals surface area contributed by atoms with Crippen LogP contribution in [0.2, 0.25) is 0 Å². The lowest BCUT2D eigenvalue weighted by Crippen LogP contribution is -2.20. The second kappa shape index (κ2) is 7.70. The molecule has 0 spiro atoms. The first-order chi connectivity index (χ1) is 10.2. The molecule has 21 heavy (non-hydrogen) atoms. The van der Waals surface area contributed by atoms with Gasteiger partial charge in [0, 0.05) is 32.9 Å². The third kappa shape index (κ3) is 4.80. The van der Waals surface area contributed by atoms with Crippen molar-refractivity contribution >= 4 is 0 Å². The quantitative estimate of drug-likeness (QED) is 0.726. The second-order valence-corrected chi connectivity index (χ2v) is 4.74. The van der Waals surface area contributed by atoms with E-state index in [0.717, 1.165) is 29.4 Å². The monoisotopic (exact) mass is 291 g/mol. The SMILES string of the molecule is COCCNCc1nc(C)ccc1OCc1cn(C)nn1. The van der Waals surface area contributed by atoms with Gasteiger partial charge in [0.2, 0.25) is 0 Å². The van der Waals surface area contributed by atoms with Gasteiger partial charge in [0.1, 0.15) is 18.1 Å². The highest BCUT2D eigenvalue weighted by Gasteiger charge is 2.07. The van der Waals surface area contributed by atoms with Gasteiger partial charge in [-0.2, -0.15) is 0 Å². The van der Waals surface area contributed by atoms with E-state index in [-0.39, 0.29) is 0 Å². The van der Waals surface area contributed by atoms with E-state index in [0.29, 0.717) is 19.8 Å². The molecule has 0 atom stereocenters. The normalized spacial score (nSPS) is 10.8. The van der Waals surface area contributed by atoms with E-state index in [1.165, 1.54) is 0 Å². The molecule has 1 N–H and O–H groups in total. The van der Waals surface area contributed by atoms with Crippen LogP contribution in [0.4, 0.5) is 0 Å². The summed E-state index contributed by atoms with van der Waals surface area (Å²) in [4.78, 5) is 4.52. The van der Waals surface area contributed by atoms with Crippen LogP contribution < -0.4 is 10.1 Å². The Morgan fingerprint density at radius 3 is 2.90 bits per heavy atom. The molecule has 0 saturated heterocycles. The van der Waals surface area contributed by atoms with Crippen molar-refractivity contribution in [2.75, 3.05) is 20.3 Å². The molecule has 7 nitrogen and oxygen atoms in total. The van der Waals surface area contributed by atoms with Crippen molar-refractivity contribution in [2.24, 2.45) is 7.05 Å². The van der Waals surface area contributed by atoms with E-state index in [9.17, 15) is 0 Å². The highest BCUT2D eigenvalue weighted by molar-refractivity contribution is 5.29. The summed E-state index contributed by atoms with van der Waals surface area (Å²) in [5, 5.41) is 11.2. The lowest BCUT2D eigenvalue weighted by atomic mass is 10.3. The van der Waals surface area contributed by atoms with Gasteiger partial charge >= 0.3 is 0 Å². The lowest BCUT2D eigenvalue weighted by molar-refractivity contribution is 0.198. The fourth-order valence-corrected chi connectivity index (χ4v) is 1.85. The van der Waals surface area contributed by atoms with E-state index < -0.39 is 0 Å². The van der Waals surface area contributed by atoms with Crippen molar-refractivity contribution in [3.63, 3.8) is 0 Å². The lowest BCUT2D eigenvalue weighted by Gasteiger charge is -2.11. The molecule has 2 aromatic rings. The number of nitrogens with zero attached hydrogens (tertiary/aromatic N) is 4. The molecule has 2 rings (SSSR count). The summed E-state index contributed by atoms with van der Waals surface area (Å²) in [6.45, 7) is 4.42. The molecule has 0 aliphatic carbocycles. The maximum absolute atomic E-state index is 5.80. The number of nitrogens with one attached hydrogen (secondary N) is 1. The molecule has 0 aliphatic rings. The van der Waals surface area contributed by atoms with Crippen LogP contribution in [0.25, 0.3) is 0 Å².